The van der Waals surface area contributed by atoms with Crippen molar-refractivity contribution in [1.29, 1.82) is 0 Å². The highest BCUT2D eigenvalue weighted by molar-refractivity contribution is 5.95. The predicted octanol–water partition coefficient (Wildman–Crippen LogP) is 2.32. The largest absolute Gasteiger partial charge is 0.493 e. The first-order valence-electron chi connectivity index (χ1n) is 8.61. The van der Waals surface area contributed by atoms with Crippen LogP contribution in [0.25, 0.3) is 0 Å². The van der Waals surface area contributed by atoms with Crippen molar-refractivity contribution in [3.8, 4) is 5.75 Å². The Morgan fingerprint density at radius 2 is 2.00 bits per heavy atom. The van der Waals surface area contributed by atoms with E-state index >= 15 is 0 Å². The fourth-order valence-corrected chi connectivity index (χ4v) is 3.53. The number of rotatable bonds is 2. The van der Waals surface area contributed by atoms with Gasteiger partial charge in [-0.2, -0.15) is 0 Å². The van der Waals surface area contributed by atoms with E-state index in [9.17, 15) is 9.59 Å². The lowest BCUT2D eigenvalue weighted by atomic mass is 10.0. The van der Waals surface area contributed by atoms with E-state index in [4.69, 9.17) is 4.74 Å². The van der Waals surface area contributed by atoms with Crippen molar-refractivity contribution in [3.05, 3.63) is 65.2 Å². The van der Waals surface area contributed by atoms with Crippen LogP contribution in [0.15, 0.2) is 48.5 Å². The van der Waals surface area contributed by atoms with Crippen molar-refractivity contribution in [1.82, 2.24) is 10.2 Å². The molecule has 2 amide bonds. The number of ether oxygens (including phenoxy) is 1. The van der Waals surface area contributed by atoms with Crippen LogP contribution in [-0.2, 0) is 11.2 Å². The fraction of sp³-hybridized carbons (Fsp3) is 0.300. The topological polar surface area (TPSA) is 58.6 Å². The van der Waals surface area contributed by atoms with Gasteiger partial charge in [0.15, 0.2) is 0 Å². The summed E-state index contributed by atoms with van der Waals surface area (Å²) in [4.78, 5) is 27.1. The molecule has 5 nitrogen and oxygen atoms in total. The normalized spacial score (nSPS) is 19.6. The van der Waals surface area contributed by atoms with E-state index in [0.29, 0.717) is 25.3 Å². The number of hydrogen-bond acceptors (Lipinski definition) is 3. The molecule has 0 aliphatic carbocycles. The van der Waals surface area contributed by atoms with Crippen molar-refractivity contribution >= 4 is 11.8 Å². The van der Waals surface area contributed by atoms with Crippen LogP contribution in [0.1, 0.15) is 33.9 Å². The highest BCUT2D eigenvalue weighted by atomic mass is 16.5. The molecule has 0 aromatic heterocycles. The number of carbonyl (C=O) groups excluding carboxylic acids is 2. The maximum Gasteiger partial charge on any atom is 0.254 e. The summed E-state index contributed by atoms with van der Waals surface area (Å²) in [5.74, 6) is 0.801. The van der Waals surface area contributed by atoms with Gasteiger partial charge in [0.25, 0.3) is 5.91 Å². The lowest BCUT2D eigenvalue weighted by molar-refractivity contribution is -0.121. The molecule has 2 aliphatic rings. The number of carbonyl (C=O) groups is 2. The summed E-state index contributed by atoms with van der Waals surface area (Å²) in [6.45, 7) is 1.64. The molecule has 0 spiro atoms. The van der Waals surface area contributed by atoms with E-state index in [-0.39, 0.29) is 24.3 Å². The molecule has 25 heavy (non-hydrogen) atoms. The third-order valence-electron chi connectivity index (χ3n) is 4.81. The second-order valence-electron chi connectivity index (χ2n) is 6.40. The summed E-state index contributed by atoms with van der Waals surface area (Å²) in [6.07, 6.45) is 1.11. The molecular formula is C20H20N2O3. The number of hydrogen-bond donors (Lipinski definition) is 1. The molecule has 0 unspecified atom stereocenters. The van der Waals surface area contributed by atoms with Gasteiger partial charge in [-0.1, -0.05) is 30.3 Å². The van der Waals surface area contributed by atoms with E-state index < -0.39 is 0 Å². The SMILES string of the molecule is O=C1C[C@H](c2ccccc2)N(C(=O)c2ccc3c(c2)CCO3)CCN1. The van der Waals surface area contributed by atoms with Crippen LogP contribution in [0.3, 0.4) is 0 Å². The van der Waals surface area contributed by atoms with Gasteiger partial charge in [0.2, 0.25) is 5.91 Å². The Hall–Kier alpha value is -2.82. The van der Waals surface area contributed by atoms with Crippen LogP contribution in [0, 0.1) is 0 Å². The first-order chi connectivity index (χ1) is 12.2. The second kappa shape index (κ2) is 6.59. The fourth-order valence-electron chi connectivity index (χ4n) is 3.53. The molecule has 1 fully saturated rings. The highest BCUT2D eigenvalue weighted by Gasteiger charge is 2.30. The number of nitrogens with zero attached hydrogens (tertiary/aromatic N) is 1. The minimum atomic E-state index is -0.249. The van der Waals surface area contributed by atoms with Crippen LogP contribution in [0.2, 0.25) is 0 Å². The van der Waals surface area contributed by atoms with E-state index in [1.165, 1.54) is 0 Å². The molecule has 2 aromatic rings. The maximum absolute atomic E-state index is 13.2. The molecule has 1 N–H and O–H groups in total. The number of benzene rings is 2. The van der Waals surface area contributed by atoms with Crippen molar-refractivity contribution in [2.45, 2.75) is 18.9 Å². The van der Waals surface area contributed by atoms with Crippen LogP contribution >= 0.6 is 0 Å². The Morgan fingerprint density at radius 3 is 2.84 bits per heavy atom. The van der Waals surface area contributed by atoms with Crippen molar-refractivity contribution in [2.24, 2.45) is 0 Å². The molecule has 1 atom stereocenters. The van der Waals surface area contributed by atoms with Gasteiger partial charge in [0.1, 0.15) is 5.75 Å². The van der Waals surface area contributed by atoms with E-state index in [0.717, 1.165) is 23.3 Å². The van der Waals surface area contributed by atoms with Gasteiger partial charge in [0.05, 0.1) is 19.1 Å². The summed E-state index contributed by atoms with van der Waals surface area (Å²) >= 11 is 0. The Kier molecular flexibility index (Phi) is 4.14. The number of fused-ring (bicyclic) bond motifs is 1. The first kappa shape index (κ1) is 15.7. The Labute approximate surface area is 146 Å². The van der Waals surface area contributed by atoms with Crippen LogP contribution in [-0.4, -0.2) is 36.4 Å². The summed E-state index contributed by atoms with van der Waals surface area (Å²) < 4.78 is 5.52. The van der Waals surface area contributed by atoms with Crippen molar-refractivity contribution in [3.63, 3.8) is 0 Å². The average Bonchev–Trinajstić information content (AvgIpc) is 3.03. The summed E-state index contributed by atoms with van der Waals surface area (Å²) in [6, 6.07) is 15.1. The minimum Gasteiger partial charge on any atom is -0.493 e. The monoisotopic (exact) mass is 336 g/mol. The Balaban J connectivity index is 1.67. The number of nitrogens with one attached hydrogen (secondary N) is 1. The highest BCUT2D eigenvalue weighted by Crippen LogP contribution is 2.30. The summed E-state index contributed by atoms with van der Waals surface area (Å²) in [5, 5.41) is 2.87. The maximum atomic E-state index is 13.2. The molecule has 5 heteroatoms. The molecule has 0 radical (unpaired) electrons. The third kappa shape index (κ3) is 3.09. The van der Waals surface area contributed by atoms with Gasteiger partial charge in [-0.25, -0.2) is 0 Å². The van der Waals surface area contributed by atoms with Gasteiger partial charge in [-0.3, -0.25) is 9.59 Å². The zero-order chi connectivity index (χ0) is 17.2. The lowest BCUT2D eigenvalue weighted by Crippen LogP contribution is -2.36. The quantitative estimate of drug-likeness (QED) is 0.916. The minimum absolute atomic E-state index is 0.0218. The number of amides is 2. The van der Waals surface area contributed by atoms with Gasteiger partial charge in [-0.05, 0) is 29.3 Å². The van der Waals surface area contributed by atoms with Gasteiger partial charge >= 0.3 is 0 Å². The summed E-state index contributed by atoms with van der Waals surface area (Å²) in [5.41, 5.74) is 2.71. The predicted molar refractivity (Wildman–Crippen MR) is 93.5 cm³/mol. The molecule has 2 heterocycles. The molecule has 128 valence electrons. The molecule has 0 bridgehead atoms. The average molecular weight is 336 g/mol. The van der Waals surface area contributed by atoms with Gasteiger partial charge in [-0.15, -0.1) is 0 Å². The van der Waals surface area contributed by atoms with Crippen molar-refractivity contribution in [2.75, 3.05) is 19.7 Å². The van der Waals surface area contributed by atoms with E-state index in [1.807, 2.05) is 53.4 Å². The molecule has 0 saturated carbocycles. The molecular weight excluding hydrogens is 316 g/mol. The standard InChI is InChI=1S/C20H20N2O3/c23-19-13-17(14-4-2-1-3-5-14)22(10-9-21-19)20(24)16-6-7-18-15(12-16)8-11-25-18/h1-7,12,17H,8-11,13H2,(H,21,23)/t17-/m1/s1. The Bertz CT molecular complexity index is 804. The zero-order valence-electron chi connectivity index (χ0n) is 13.9. The van der Waals surface area contributed by atoms with E-state index in [1.54, 1.807) is 0 Å². The Morgan fingerprint density at radius 1 is 1.16 bits per heavy atom. The lowest BCUT2D eigenvalue weighted by Gasteiger charge is -2.29. The van der Waals surface area contributed by atoms with E-state index in [2.05, 4.69) is 5.32 Å². The van der Waals surface area contributed by atoms with Crippen molar-refractivity contribution < 1.29 is 14.3 Å². The van der Waals surface area contributed by atoms with Crippen LogP contribution < -0.4 is 10.1 Å². The third-order valence-corrected chi connectivity index (χ3v) is 4.81. The zero-order valence-corrected chi connectivity index (χ0v) is 13.9. The van der Waals surface area contributed by atoms with Gasteiger partial charge in [0, 0.05) is 25.1 Å². The van der Waals surface area contributed by atoms with Crippen LogP contribution in [0.4, 0.5) is 0 Å². The first-order valence-corrected chi connectivity index (χ1v) is 8.61. The molecule has 2 aliphatic heterocycles. The summed E-state index contributed by atoms with van der Waals surface area (Å²) in [7, 11) is 0. The molecule has 1 saturated heterocycles. The molecule has 2 aromatic carbocycles. The van der Waals surface area contributed by atoms with Crippen LogP contribution in [0.5, 0.6) is 5.75 Å². The smallest absolute Gasteiger partial charge is 0.254 e. The molecule has 4 rings (SSSR count). The second-order valence-corrected chi connectivity index (χ2v) is 6.40. The van der Waals surface area contributed by atoms with Gasteiger partial charge < -0.3 is 15.0 Å².